The summed E-state index contributed by atoms with van der Waals surface area (Å²) >= 11 is 6.17. The molecule has 2 amide bonds. The number of nitrogens with zero attached hydrogens (tertiary/aromatic N) is 4. The van der Waals surface area contributed by atoms with Gasteiger partial charge in [0.25, 0.3) is 0 Å². The summed E-state index contributed by atoms with van der Waals surface area (Å²) in [4.78, 5) is 30.2. The summed E-state index contributed by atoms with van der Waals surface area (Å²) in [5.41, 5.74) is 3.92. The zero-order chi connectivity index (χ0) is 26.5. The molecule has 0 aliphatic carbocycles. The average Bonchev–Trinajstić information content (AvgIpc) is 3.11. The van der Waals surface area contributed by atoms with E-state index in [-0.39, 0.29) is 23.8 Å². The maximum Gasteiger partial charge on any atom is 0.227 e. The summed E-state index contributed by atoms with van der Waals surface area (Å²) in [6.07, 6.45) is 1.05. The number of aromatic nitrogens is 2. The third-order valence-electron chi connectivity index (χ3n) is 7.21. The lowest BCUT2D eigenvalue weighted by molar-refractivity contribution is -0.138. The van der Waals surface area contributed by atoms with Crippen molar-refractivity contribution in [2.24, 2.45) is 13.0 Å². The highest BCUT2D eigenvalue weighted by atomic mass is 35.5. The van der Waals surface area contributed by atoms with Crippen molar-refractivity contribution >= 4 is 23.4 Å². The van der Waals surface area contributed by atoms with Crippen LogP contribution in [0.4, 0.5) is 0 Å². The van der Waals surface area contributed by atoms with Gasteiger partial charge in [0.2, 0.25) is 11.8 Å². The Kier molecular flexibility index (Phi) is 8.54. The molecule has 0 radical (unpaired) electrons. The summed E-state index contributed by atoms with van der Waals surface area (Å²) in [6.45, 7) is 5.50. The Morgan fingerprint density at radius 1 is 1.14 bits per heavy atom. The van der Waals surface area contributed by atoms with Crippen LogP contribution in [0.3, 0.4) is 0 Å². The fraction of sp³-hybridized carbons (Fsp3) is 0.414. The second-order valence-electron chi connectivity index (χ2n) is 9.89. The number of likely N-dealkylation sites (tertiary alicyclic amines) is 1. The number of benzene rings is 2. The standard InChI is InChI=1S/C29H35ClN4O3/c1-20-26(21(2)33(4)31-20)17-29(36)34-14-13-27(37-25-12-8-11-24(30)16-25)23(19-34)15-28(35)32(3)18-22-9-6-5-7-10-22/h5-12,16,23,27H,13-15,17-19H2,1-4H3/t23-,27-/m0/s1. The van der Waals surface area contributed by atoms with Gasteiger partial charge in [-0.15, -0.1) is 0 Å². The summed E-state index contributed by atoms with van der Waals surface area (Å²) in [5, 5.41) is 5.05. The molecule has 2 atom stereocenters. The van der Waals surface area contributed by atoms with Crippen molar-refractivity contribution in [3.05, 3.63) is 82.1 Å². The van der Waals surface area contributed by atoms with Crippen molar-refractivity contribution in [3.63, 3.8) is 0 Å². The number of hydrogen-bond acceptors (Lipinski definition) is 4. The molecule has 1 aliphatic heterocycles. The molecule has 4 rings (SSSR count). The van der Waals surface area contributed by atoms with Gasteiger partial charge in [-0.05, 0) is 37.6 Å². The van der Waals surface area contributed by atoms with Crippen molar-refractivity contribution in [1.29, 1.82) is 0 Å². The van der Waals surface area contributed by atoms with Crippen LogP contribution in [0.5, 0.6) is 5.75 Å². The van der Waals surface area contributed by atoms with E-state index in [0.717, 1.165) is 22.5 Å². The molecule has 1 aliphatic rings. The number of amides is 2. The quantitative estimate of drug-likeness (QED) is 0.434. The maximum atomic E-state index is 13.3. The molecule has 0 unspecified atom stereocenters. The summed E-state index contributed by atoms with van der Waals surface area (Å²) in [6, 6.07) is 17.2. The molecule has 0 N–H and O–H groups in total. The number of ether oxygens (including phenoxy) is 1. The molecule has 1 saturated heterocycles. The molecular formula is C29H35ClN4O3. The molecule has 37 heavy (non-hydrogen) atoms. The van der Waals surface area contributed by atoms with Crippen molar-refractivity contribution in [3.8, 4) is 5.75 Å². The number of aryl methyl sites for hydroxylation is 2. The highest BCUT2D eigenvalue weighted by molar-refractivity contribution is 6.30. The molecule has 3 aromatic rings. The van der Waals surface area contributed by atoms with Gasteiger partial charge in [-0.2, -0.15) is 5.10 Å². The lowest BCUT2D eigenvalue weighted by atomic mass is 9.90. The Hall–Kier alpha value is -3.32. The highest BCUT2D eigenvalue weighted by Crippen LogP contribution is 2.28. The summed E-state index contributed by atoms with van der Waals surface area (Å²) < 4.78 is 8.14. The van der Waals surface area contributed by atoms with Gasteiger partial charge in [0, 0.05) is 68.8 Å². The van der Waals surface area contributed by atoms with E-state index in [9.17, 15) is 9.59 Å². The Balaban J connectivity index is 1.48. The number of rotatable bonds is 8. The topological polar surface area (TPSA) is 67.7 Å². The van der Waals surface area contributed by atoms with Gasteiger partial charge in [0.15, 0.2) is 0 Å². The first-order valence-electron chi connectivity index (χ1n) is 12.7. The molecule has 0 bridgehead atoms. The Labute approximate surface area is 224 Å². The molecule has 2 heterocycles. The van der Waals surface area contributed by atoms with Gasteiger partial charge in [-0.3, -0.25) is 14.3 Å². The van der Waals surface area contributed by atoms with E-state index < -0.39 is 0 Å². The first kappa shape index (κ1) is 26.7. The SMILES string of the molecule is Cc1nn(C)c(C)c1CC(=O)N1CC[C@H](Oc2cccc(Cl)c2)[C@@H](CC(=O)N(C)Cc2ccccc2)C1. The van der Waals surface area contributed by atoms with Crippen LogP contribution in [0.2, 0.25) is 5.02 Å². The van der Waals surface area contributed by atoms with E-state index in [4.69, 9.17) is 16.3 Å². The van der Waals surface area contributed by atoms with Crippen molar-refractivity contribution in [2.45, 2.75) is 45.8 Å². The normalized spacial score (nSPS) is 17.5. The van der Waals surface area contributed by atoms with Crippen molar-refractivity contribution in [2.75, 3.05) is 20.1 Å². The predicted octanol–water partition coefficient (Wildman–Crippen LogP) is 4.58. The van der Waals surface area contributed by atoms with Gasteiger partial charge >= 0.3 is 0 Å². The number of carbonyl (C=O) groups excluding carboxylic acids is 2. The monoisotopic (exact) mass is 522 g/mol. The Bertz CT molecular complexity index is 1240. The Morgan fingerprint density at radius 2 is 1.89 bits per heavy atom. The molecule has 8 heteroatoms. The van der Waals surface area contributed by atoms with E-state index in [1.54, 1.807) is 17.0 Å². The fourth-order valence-corrected chi connectivity index (χ4v) is 5.15. The maximum absolute atomic E-state index is 13.3. The minimum Gasteiger partial charge on any atom is -0.490 e. The number of carbonyl (C=O) groups is 2. The van der Waals surface area contributed by atoms with Crippen molar-refractivity contribution < 1.29 is 14.3 Å². The van der Waals surface area contributed by atoms with Crippen LogP contribution in [0.1, 0.15) is 35.4 Å². The van der Waals surface area contributed by atoms with Crippen LogP contribution >= 0.6 is 11.6 Å². The zero-order valence-corrected chi connectivity index (χ0v) is 22.7. The molecule has 1 aromatic heterocycles. The van der Waals surface area contributed by atoms with E-state index in [1.165, 1.54) is 0 Å². The van der Waals surface area contributed by atoms with E-state index in [1.807, 2.05) is 80.0 Å². The predicted molar refractivity (Wildman–Crippen MR) is 144 cm³/mol. The second kappa shape index (κ2) is 11.8. The molecule has 1 fully saturated rings. The first-order chi connectivity index (χ1) is 17.7. The number of piperidine rings is 1. The van der Waals surface area contributed by atoms with Gasteiger partial charge in [-0.25, -0.2) is 0 Å². The van der Waals surface area contributed by atoms with E-state index >= 15 is 0 Å². The lowest BCUT2D eigenvalue weighted by Gasteiger charge is -2.39. The first-order valence-corrected chi connectivity index (χ1v) is 13.1. The third kappa shape index (κ3) is 6.72. The van der Waals surface area contributed by atoms with Crippen molar-refractivity contribution in [1.82, 2.24) is 19.6 Å². The van der Waals surface area contributed by atoms with Gasteiger partial charge in [0.1, 0.15) is 11.9 Å². The molecule has 2 aromatic carbocycles. The zero-order valence-electron chi connectivity index (χ0n) is 22.0. The summed E-state index contributed by atoms with van der Waals surface area (Å²) in [7, 11) is 3.71. The van der Waals surface area contributed by atoms with E-state index in [0.29, 0.717) is 49.7 Å². The van der Waals surface area contributed by atoms with Gasteiger partial charge in [0.05, 0.1) is 12.1 Å². The molecule has 0 spiro atoms. The largest absolute Gasteiger partial charge is 0.490 e. The van der Waals surface area contributed by atoms with Crippen LogP contribution in [0, 0.1) is 19.8 Å². The molecule has 7 nitrogen and oxygen atoms in total. The highest BCUT2D eigenvalue weighted by Gasteiger charge is 2.35. The van der Waals surface area contributed by atoms with Crippen LogP contribution in [-0.2, 0) is 29.6 Å². The molecule has 0 saturated carbocycles. The molecule has 196 valence electrons. The molecular weight excluding hydrogens is 488 g/mol. The Morgan fingerprint density at radius 3 is 2.57 bits per heavy atom. The smallest absolute Gasteiger partial charge is 0.227 e. The van der Waals surface area contributed by atoms with Crippen LogP contribution in [0.15, 0.2) is 54.6 Å². The van der Waals surface area contributed by atoms with Crippen LogP contribution in [0.25, 0.3) is 0 Å². The van der Waals surface area contributed by atoms with Gasteiger partial charge < -0.3 is 14.5 Å². The minimum atomic E-state index is -0.196. The van der Waals surface area contributed by atoms with E-state index in [2.05, 4.69) is 5.10 Å². The van der Waals surface area contributed by atoms with Gasteiger partial charge in [-0.1, -0.05) is 48.0 Å². The number of halogens is 1. The third-order valence-corrected chi connectivity index (χ3v) is 7.45. The second-order valence-corrected chi connectivity index (χ2v) is 10.3. The average molecular weight is 523 g/mol. The fourth-order valence-electron chi connectivity index (χ4n) is 4.97. The van der Waals surface area contributed by atoms with Crippen LogP contribution in [-0.4, -0.2) is 57.6 Å². The summed E-state index contributed by atoms with van der Waals surface area (Å²) in [5.74, 6) is 0.616. The minimum absolute atomic E-state index is 0.0294. The number of hydrogen-bond donors (Lipinski definition) is 0. The van der Waals surface area contributed by atoms with Crippen LogP contribution < -0.4 is 4.74 Å². The lowest BCUT2D eigenvalue weighted by Crippen LogP contribution is -2.49.